The van der Waals surface area contributed by atoms with Gasteiger partial charge in [0.15, 0.2) is 0 Å². The van der Waals surface area contributed by atoms with Crippen LogP contribution in [0.4, 0.5) is 9.39 Å². The van der Waals surface area contributed by atoms with Crippen LogP contribution >= 0.6 is 11.3 Å². The van der Waals surface area contributed by atoms with Gasteiger partial charge < -0.3 is 10.1 Å². The number of hydrogen-bond donors (Lipinski definition) is 1. The molecule has 3 aromatic rings. The zero-order valence-electron chi connectivity index (χ0n) is 17.0. The molecule has 1 aromatic heterocycles. The van der Waals surface area contributed by atoms with E-state index < -0.39 is 5.97 Å². The van der Waals surface area contributed by atoms with Crippen molar-refractivity contribution in [2.24, 2.45) is 0 Å². The van der Waals surface area contributed by atoms with Crippen molar-refractivity contribution >= 4 is 28.2 Å². The van der Waals surface area contributed by atoms with Crippen LogP contribution in [0.25, 0.3) is 11.1 Å². The number of amides is 1. The van der Waals surface area contributed by atoms with Crippen LogP contribution in [-0.4, -0.2) is 18.5 Å². The van der Waals surface area contributed by atoms with Crippen molar-refractivity contribution in [3.05, 3.63) is 76.4 Å². The Balaban J connectivity index is 1.71. The average Bonchev–Trinajstić information content (AvgIpc) is 3.13. The summed E-state index contributed by atoms with van der Waals surface area (Å²) in [7, 11) is 0. The fourth-order valence-corrected chi connectivity index (χ4v) is 4.07. The summed E-state index contributed by atoms with van der Waals surface area (Å²) in [5.74, 6) is -1.01. The highest BCUT2D eigenvalue weighted by molar-refractivity contribution is 7.15. The number of thiophene rings is 1. The summed E-state index contributed by atoms with van der Waals surface area (Å²) in [5.41, 5.74) is 4.01. The van der Waals surface area contributed by atoms with Gasteiger partial charge in [-0.2, -0.15) is 0 Å². The third-order valence-electron chi connectivity index (χ3n) is 4.67. The number of aryl methyl sites for hydroxylation is 2. The number of esters is 1. The second kappa shape index (κ2) is 10.2. The Morgan fingerprint density at radius 3 is 2.43 bits per heavy atom. The molecule has 2 aromatic carbocycles. The maximum Gasteiger partial charge on any atom is 0.341 e. The molecule has 0 aliphatic carbocycles. The molecule has 0 saturated carbocycles. The third kappa shape index (κ3) is 5.54. The number of rotatable bonds is 8. The minimum Gasteiger partial charge on any atom is -0.462 e. The van der Waals surface area contributed by atoms with Crippen molar-refractivity contribution in [1.82, 2.24) is 0 Å². The van der Waals surface area contributed by atoms with Crippen LogP contribution < -0.4 is 5.32 Å². The van der Waals surface area contributed by atoms with Gasteiger partial charge in [0.2, 0.25) is 5.91 Å². The number of ether oxygens (including phenoxy) is 1. The van der Waals surface area contributed by atoms with Gasteiger partial charge in [0.25, 0.3) is 0 Å². The number of nitrogens with one attached hydrogen (secondary N) is 1. The van der Waals surface area contributed by atoms with Gasteiger partial charge in [-0.25, -0.2) is 9.18 Å². The molecule has 0 aliphatic rings. The molecule has 6 heteroatoms. The SMILES string of the molecule is CCOC(=O)c1c(-c2ccc(F)cc2)csc1NC(=O)CCCc1ccc(C)cc1. The Morgan fingerprint density at radius 2 is 1.77 bits per heavy atom. The van der Waals surface area contributed by atoms with E-state index in [-0.39, 0.29) is 18.3 Å². The molecule has 30 heavy (non-hydrogen) atoms. The normalized spacial score (nSPS) is 10.6. The van der Waals surface area contributed by atoms with Crippen LogP contribution in [0.15, 0.2) is 53.9 Å². The highest BCUT2D eigenvalue weighted by atomic mass is 32.1. The third-order valence-corrected chi connectivity index (χ3v) is 5.56. The van der Waals surface area contributed by atoms with E-state index in [4.69, 9.17) is 4.74 Å². The minimum absolute atomic E-state index is 0.153. The number of anilines is 1. The van der Waals surface area contributed by atoms with Gasteiger partial charge in [0.1, 0.15) is 16.4 Å². The van der Waals surface area contributed by atoms with E-state index >= 15 is 0 Å². The van der Waals surface area contributed by atoms with E-state index in [2.05, 4.69) is 29.6 Å². The predicted molar refractivity (Wildman–Crippen MR) is 118 cm³/mol. The maximum absolute atomic E-state index is 13.3. The Kier molecular flexibility index (Phi) is 7.36. The highest BCUT2D eigenvalue weighted by Crippen LogP contribution is 2.36. The number of halogens is 1. The summed E-state index contributed by atoms with van der Waals surface area (Å²) >= 11 is 1.26. The summed E-state index contributed by atoms with van der Waals surface area (Å²) < 4.78 is 18.5. The zero-order chi connectivity index (χ0) is 21.5. The Bertz CT molecular complexity index is 1010. The zero-order valence-corrected chi connectivity index (χ0v) is 17.9. The Morgan fingerprint density at radius 1 is 1.07 bits per heavy atom. The van der Waals surface area contributed by atoms with Crippen molar-refractivity contribution in [3.63, 3.8) is 0 Å². The lowest BCUT2D eigenvalue weighted by atomic mass is 10.0. The first-order valence-corrected chi connectivity index (χ1v) is 10.8. The highest BCUT2D eigenvalue weighted by Gasteiger charge is 2.22. The lowest BCUT2D eigenvalue weighted by Crippen LogP contribution is -2.14. The van der Waals surface area contributed by atoms with Gasteiger partial charge >= 0.3 is 5.97 Å². The molecule has 0 fully saturated rings. The average molecular weight is 426 g/mol. The quantitative estimate of drug-likeness (QED) is 0.450. The Labute approximate surface area is 179 Å². The van der Waals surface area contributed by atoms with Crippen LogP contribution in [0, 0.1) is 12.7 Å². The van der Waals surface area contributed by atoms with Gasteiger partial charge in [-0.15, -0.1) is 11.3 Å². The number of hydrogen-bond acceptors (Lipinski definition) is 4. The lowest BCUT2D eigenvalue weighted by Gasteiger charge is -2.09. The molecule has 1 N–H and O–H groups in total. The van der Waals surface area contributed by atoms with E-state index in [1.807, 2.05) is 6.92 Å². The van der Waals surface area contributed by atoms with Gasteiger partial charge in [0, 0.05) is 17.4 Å². The van der Waals surface area contributed by atoms with Gasteiger partial charge in [0.05, 0.1) is 6.61 Å². The largest absolute Gasteiger partial charge is 0.462 e. The summed E-state index contributed by atoms with van der Waals surface area (Å²) in [5, 5.41) is 5.08. The topological polar surface area (TPSA) is 55.4 Å². The number of carbonyl (C=O) groups is 2. The molecule has 1 heterocycles. The summed E-state index contributed by atoms with van der Waals surface area (Å²) in [6.07, 6.45) is 1.86. The van der Waals surface area contributed by atoms with Crippen molar-refractivity contribution in [2.45, 2.75) is 33.1 Å². The molecular weight excluding hydrogens is 401 g/mol. The first-order valence-electron chi connectivity index (χ1n) is 9.88. The van der Waals surface area contributed by atoms with E-state index in [0.717, 1.165) is 6.42 Å². The monoisotopic (exact) mass is 425 g/mol. The second-order valence-corrected chi connectivity index (χ2v) is 7.85. The van der Waals surface area contributed by atoms with Crippen LogP contribution in [0.5, 0.6) is 0 Å². The van der Waals surface area contributed by atoms with Gasteiger partial charge in [-0.05, 0) is 49.9 Å². The molecule has 0 saturated heterocycles. The molecule has 0 atom stereocenters. The van der Waals surface area contributed by atoms with Crippen LogP contribution in [0.3, 0.4) is 0 Å². The molecule has 0 aliphatic heterocycles. The number of benzene rings is 2. The molecule has 0 unspecified atom stereocenters. The second-order valence-electron chi connectivity index (χ2n) is 6.97. The van der Waals surface area contributed by atoms with Crippen molar-refractivity contribution in [1.29, 1.82) is 0 Å². The minimum atomic E-state index is -0.506. The number of carbonyl (C=O) groups excluding carboxylic acids is 2. The van der Waals surface area contributed by atoms with Crippen molar-refractivity contribution in [2.75, 3.05) is 11.9 Å². The molecule has 4 nitrogen and oxygen atoms in total. The molecule has 0 radical (unpaired) electrons. The summed E-state index contributed by atoms with van der Waals surface area (Å²) in [6.45, 7) is 3.99. The van der Waals surface area contributed by atoms with E-state index in [0.29, 0.717) is 34.5 Å². The standard InChI is InChI=1S/C24H24FNO3S/c1-3-29-24(28)22-20(18-11-13-19(25)14-12-18)15-30-23(22)26-21(27)6-4-5-17-9-7-16(2)8-10-17/h7-15H,3-6H2,1-2H3,(H,26,27). The van der Waals surface area contributed by atoms with Crippen LogP contribution in [-0.2, 0) is 16.0 Å². The van der Waals surface area contributed by atoms with Crippen molar-refractivity contribution in [3.8, 4) is 11.1 Å². The van der Waals surface area contributed by atoms with Crippen molar-refractivity contribution < 1.29 is 18.7 Å². The molecular formula is C24H24FNO3S. The van der Waals surface area contributed by atoms with Gasteiger partial charge in [-0.3, -0.25) is 4.79 Å². The lowest BCUT2D eigenvalue weighted by molar-refractivity contribution is -0.116. The molecule has 156 valence electrons. The molecule has 3 rings (SSSR count). The van der Waals surface area contributed by atoms with E-state index in [9.17, 15) is 14.0 Å². The smallest absolute Gasteiger partial charge is 0.341 e. The molecule has 0 spiro atoms. The van der Waals surface area contributed by atoms with Crippen LogP contribution in [0.2, 0.25) is 0 Å². The molecule has 0 bridgehead atoms. The summed E-state index contributed by atoms with van der Waals surface area (Å²) in [6, 6.07) is 14.1. The first-order chi connectivity index (χ1) is 14.5. The maximum atomic E-state index is 13.3. The Hall–Kier alpha value is -2.99. The van der Waals surface area contributed by atoms with E-state index in [1.165, 1.54) is 34.6 Å². The van der Waals surface area contributed by atoms with Crippen LogP contribution in [0.1, 0.15) is 41.3 Å². The predicted octanol–water partition coefficient (Wildman–Crippen LogP) is 6.00. The molecule has 1 amide bonds. The first kappa shape index (κ1) is 21.7. The summed E-state index contributed by atoms with van der Waals surface area (Å²) in [4.78, 5) is 25.0. The van der Waals surface area contributed by atoms with Gasteiger partial charge in [-0.1, -0.05) is 42.0 Å². The fraction of sp³-hybridized carbons (Fsp3) is 0.250. The fourth-order valence-electron chi connectivity index (χ4n) is 3.09. The van der Waals surface area contributed by atoms with E-state index in [1.54, 1.807) is 24.4 Å².